The van der Waals surface area contributed by atoms with E-state index in [0.717, 1.165) is 19.6 Å². The Balaban J connectivity index is 2.30. The van der Waals surface area contributed by atoms with Gasteiger partial charge in [0, 0.05) is 13.1 Å². The first kappa shape index (κ1) is 12.8. The Kier molecular flexibility index (Phi) is 4.16. The number of nitrogens with zero attached hydrogens (tertiary/aromatic N) is 2. The summed E-state index contributed by atoms with van der Waals surface area (Å²) in [6, 6.07) is 9.03. The van der Waals surface area contributed by atoms with Crippen molar-refractivity contribution in [3.8, 4) is 6.07 Å². The molecule has 1 aliphatic rings. The van der Waals surface area contributed by atoms with Crippen LogP contribution in [0.15, 0.2) is 24.3 Å². The van der Waals surface area contributed by atoms with E-state index >= 15 is 0 Å². The smallest absolute Gasteiger partial charge is 0.146 e. The fourth-order valence-corrected chi connectivity index (χ4v) is 2.42. The molecule has 0 bridgehead atoms. The van der Waals surface area contributed by atoms with Gasteiger partial charge in [0.2, 0.25) is 0 Å². The van der Waals surface area contributed by atoms with Crippen LogP contribution in [0, 0.1) is 23.1 Å². The van der Waals surface area contributed by atoms with Gasteiger partial charge in [-0.1, -0.05) is 19.1 Å². The third kappa shape index (κ3) is 2.80. The summed E-state index contributed by atoms with van der Waals surface area (Å²) < 4.78 is 13.9. The van der Waals surface area contributed by atoms with Crippen LogP contribution < -0.4 is 10.2 Å². The highest BCUT2D eigenvalue weighted by Gasteiger charge is 2.25. The first-order valence-corrected chi connectivity index (χ1v) is 6.31. The lowest BCUT2D eigenvalue weighted by molar-refractivity contribution is 0.551. The number of halogens is 1. The van der Waals surface area contributed by atoms with Crippen molar-refractivity contribution in [3.05, 3.63) is 30.1 Å². The molecule has 0 saturated carbocycles. The number of hydrogen-bond acceptors (Lipinski definition) is 3. The Labute approximate surface area is 107 Å². The molecule has 0 radical (unpaired) electrons. The molecular weight excluding hydrogens is 229 g/mol. The van der Waals surface area contributed by atoms with Crippen molar-refractivity contribution in [3.63, 3.8) is 0 Å². The Morgan fingerprint density at radius 3 is 2.94 bits per heavy atom. The average molecular weight is 247 g/mol. The van der Waals surface area contributed by atoms with Gasteiger partial charge >= 0.3 is 0 Å². The number of nitrogens with one attached hydrogen (secondary N) is 1. The summed E-state index contributed by atoms with van der Waals surface area (Å²) in [5, 5.41) is 12.2. The van der Waals surface area contributed by atoms with E-state index in [1.165, 1.54) is 6.07 Å². The molecule has 1 aromatic rings. The average Bonchev–Trinajstić information content (AvgIpc) is 2.53. The highest BCUT2D eigenvalue weighted by atomic mass is 19.1. The van der Waals surface area contributed by atoms with E-state index < -0.39 is 0 Å². The molecule has 1 heterocycles. The third-order valence-corrected chi connectivity index (χ3v) is 3.31. The van der Waals surface area contributed by atoms with Crippen LogP contribution in [0.25, 0.3) is 0 Å². The maximum atomic E-state index is 13.9. The number of nitriles is 1. The molecule has 2 rings (SSSR count). The maximum absolute atomic E-state index is 13.9. The molecule has 4 heteroatoms. The van der Waals surface area contributed by atoms with E-state index in [0.29, 0.717) is 18.0 Å². The summed E-state index contributed by atoms with van der Waals surface area (Å²) in [7, 11) is 0. The van der Waals surface area contributed by atoms with Gasteiger partial charge in [0.1, 0.15) is 5.82 Å². The van der Waals surface area contributed by atoms with Crippen molar-refractivity contribution in [1.82, 2.24) is 5.32 Å². The standard InChI is InChI=1S/C14H18FN3/c1-11-8-17-9-12(6-7-16)18(10-11)14-5-3-2-4-13(14)15/h2-5,11-12,17H,6,8-10H2,1H3. The van der Waals surface area contributed by atoms with Crippen LogP contribution in [-0.4, -0.2) is 25.7 Å². The molecule has 0 amide bonds. The molecule has 0 spiro atoms. The molecule has 18 heavy (non-hydrogen) atoms. The SMILES string of the molecule is CC1CNCC(CC#N)N(c2ccccc2F)C1. The summed E-state index contributed by atoms with van der Waals surface area (Å²) in [6.07, 6.45) is 0.411. The van der Waals surface area contributed by atoms with Crippen LogP contribution >= 0.6 is 0 Å². The Hall–Kier alpha value is -1.60. The molecule has 2 atom stereocenters. The largest absolute Gasteiger partial charge is 0.364 e. The fourth-order valence-electron chi connectivity index (χ4n) is 2.42. The van der Waals surface area contributed by atoms with Crippen LogP contribution in [0.3, 0.4) is 0 Å². The second kappa shape index (κ2) is 5.83. The quantitative estimate of drug-likeness (QED) is 0.870. The summed E-state index contributed by atoms with van der Waals surface area (Å²) in [6.45, 7) is 4.55. The lowest BCUT2D eigenvalue weighted by atomic mass is 10.1. The van der Waals surface area contributed by atoms with E-state index in [-0.39, 0.29) is 11.9 Å². The van der Waals surface area contributed by atoms with E-state index in [9.17, 15) is 4.39 Å². The molecule has 1 saturated heterocycles. The van der Waals surface area contributed by atoms with Crippen molar-refractivity contribution in [1.29, 1.82) is 5.26 Å². The minimum atomic E-state index is -0.213. The summed E-state index contributed by atoms with van der Waals surface area (Å²) in [5.74, 6) is 0.225. The zero-order valence-corrected chi connectivity index (χ0v) is 10.6. The summed E-state index contributed by atoms with van der Waals surface area (Å²) >= 11 is 0. The molecule has 1 aliphatic heterocycles. The van der Waals surface area contributed by atoms with Gasteiger partial charge in [0.05, 0.1) is 24.2 Å². The van der Waals surface area contributed by atoms with Gasteiger partial charge in [0.25, 0.3) is 0 Å². The number of benzene rings is 1. The predicted octanol–water partition coefficient (Wildman–Crippen LogP) is 2.15. The number of anilines is 1. The zero-order valence-electron chi connectivity index (χ0n) is 10.6. The molecule has 0 aromatic heterocycles. The lowest BCUT2D eigenvalue weighted by Gasteiger charge is -2.31. The van der Waals surface area contributed by atoms with E-state index in [2.05, 4.69) is 18.3 Å². The zero-order chi connectivity index (χ0) is 13.0. The van der Waals surface area contributed by atoms with Crippen LogP contribution in [0.5, 0.6) is 0 Å². The second-order valence-corrected chi connectivity index (χ2v) is 4.88. The van der Waals surface area contributed by atoms with Gasteiger partial charge in [0.15, 0.2) is 0 Å². The second-order valence-electron chi connectivity index (χ2n) is 4.88. The minimum absolute atomic E-state index is 0.0387. The molecule has 96 valence electrons. The van der Waals surface area contributed by atoms with Gasteiger partial charge in [-0.3, -0.25) is 0 Å². The highest BCUT2D eigenvalue weighted by molar-refractivity contribution is 5.49. The fraction of sp³-hybridized carbons (Fsp3) is 0.500. The van der Waals surface area contributed by atoms with Gasteiger partial charge in [-0.25, -0.2) is 4.39 Å². The third-order valence-electron chi connectivity index (χ3n) is 3.31. The molecule has 3 nitrogen and oxygen atoms in total. The molecule has 0 aliphatic carbocycles. The van der Waals surface area contributed by atoms with Gasteiger partial charge in [-0.2, -0.15) is 5.26 Å². The minimum Gasteiger partial charge on any atom is -0.364 e. The summed E-state index contributed by atoms with van der Waals surface area (Å²) in [5.41, 5.74) is 0.605. The first-order chi connectivity index (χ1) is 8.72. The Morgan fingerprint density at radius 1 is 1.44 bits per heavy atom. The summed E-state index contributed by atoms with van der Waals surface area (Å²) in [4.78, 5) is 2.03. The maximum Gasteiger partial charge on any atom is 0.146 e. The Bertz CT molecular complexity index is 441. The molecule has 1 fully saturated rings. The Morgan fingerprint density at radius 2 is 2.22 bits per heavy atom. The number of para-hydroxylation sites is 1. The van der Waals surface area contributed by atoms with Crippen LogP contribution in [0.4, 0.5) is 10.1 Å². The van der Waals surface area contributed by atoms with Crippen molar-refractivity contribution >= 4 is 5.69 Å². The molecular formula is C14H18FN3. The van der Waals surface area contributed by atoms with E-state index in [1.807, 2.05) is 11.0 Å². The van der Waals surface area contributed by atoms with Gasteiger partial charge in [-0.15, -0.1) is 0 Å². The van der Waals surface area contributed by atoms with Crippen LogP contribution in [-0.2, 0) is 0 Å². The predicted molar refractivity (Wildman–Crippen MR) is 69.8 cm³/mol. The van der Waals surface area contributed by atoms with Crippen molar-refractivity contribution in [2.75, 3.05) is 24.5 Å². The first-order valence-electron chi connectivity index (χ1n) is 6.31. The number of hydrogen-bond donors (Lipinski definition) is 1. The van der Waals surface area contributed by atoms with E-state index in [1.54, 1.807) is 12.1 Å². The molecule has 1 aromatic carbocycles. The number of rotatable bonds is 2. The van der Waals surface area contributed by atoms with Crippen LogP contribution in [0.1, 0.15) is 13.3 Å². The van der Waals surface area contributed by atoms with E-state index in [4.69, 9.17) is 5.26 Å². The highest BCUT2D eigenvalue weighted by Crippen LogP contribution is 2.24. The molecule has 2 unspecified atom stereocenters. The normalized spacial score (nSPS) is 24.4. The van der Waals surface area contributed by atoms with Crippen molar-refractivity contribution in [2.45, 2.75) is 19.4 Å². The van der Waals surface area contributed by atoms with Gasteiger partial charge < -0.3 is 10.2 Å². The monoisotopic (exact) mass is 247 g/mol. The molecule has 1 N–H and O–H groups in total. The lowest BCUT2D eigenvalue weighted by Crippen LogP contribution is -2.40. The topological polar surface area (TPSA) is 39.1 Å². The van der Waals surface area contributed by atoms with Gasteiger partial charge in [-0.05, 0) is 24.6 Å². The van der Waals surface area contributed by atoms with Crippen LogP contribution in [0.2, 0.25) is 0 Å². The van der Waals surface area contributed by atoms with Crippen molar-refractivity contribution in [2.24, 2.45) is 5.92 Å². The van der Waals surface area contributed by atoms with Crippen molar-refractivity contribution < 1.29 is 4.39 Å².